The largest absolute Gasteiger partial charge is 0.459 e. The highest BCUT2D eigenvalue weighted by Crippen LogP contribution is 2.49. The fourth-order valence-corrected chi connectivity index (χ4v) is 13.0. The Balaban J connectivity index is 1.58. The molecule has 0 amide bonds. The number of nitrogens with zero attached hydrogens (tertiary/aromatic N) is 1. The van der Waals surface area contributed by atoms with Crippen molar-refractivity contribution in [1.29, 1.82) is 0 Å². The Morgan fingerprint density at radius 2 is 0.489 bits per heavy atom. The molecule has 5 heterocycles. The van der Waals surface area contributed by atoms with Crippen LogP contribution in [0.4, 0.5) is 0 Å². The van der Waals surface area contributed by atoms with Gasteiger partial charge in [0.2, 0.25) is 0 Å². The number of hydrogen-bond acceptors (Lipinski definition) is 6. The molecule has 4 aliphatic carbocycles. The summed E-state index contributed by atoms with van der Waals surface area (Å²) in [6.45, 7) is 55.3. The van der Waals surface area contributed by atoms with Crippen LogP contribution in [0.3, 0.4) is 0 Å². The molecular formula is C82H102N4O6. The molecule has 3 N–H and O–H groups in total. The van der Waals surface area contributed by atoms with E-state index in [9.17, 15) is 19.2 Å². The van der Waals surface area contributed by atoms with Gasteiger partial charge in [0.15, 0.2) is 23.1 Å². The van der Waals surface area contributed by atoms with Gasteiger partial charge in [-0.15, -0.1) is 0 Å². The maximum atomic E-state index is 15.1. The fourth-order valence-electron chi connectivity index (χ4n) is 13.0. The summed E-state index contributed by atoms with van der Waals surface area (Å²) in [6, 6.07) is 16.7. The summed E-state index contributed by atoms with van der Waals surface area (Å²) in [4.78, 5) is 86.7. The minimum absolute atomic E-state index is 0.0129. The van der Waals surface area contributed by atoms with E-state index in [-0.39, 0.29) is 29.7 Å². The smallest absolute Gasteiger partial charge is 0.326 e. The van der Waals surface area contributed by atoms with Gasteiger partial charge in [0.1, 0.15) is 12.1 Å². The SMILES string of the molecule is CC(C)(C)OC(=O)Cn1c2ccc1C(=C1C=C(C(C)(C)C)C(=O)C(C(C)(C)C)=C1)c1ccc([nH]1)C(=C1C=C(C(C)(C)C)C(=O)C(C(C)(C)C)=C1)c1ccc([nH]1)C(=C1C=C(C(C)(C)C)C(=O)C(C(C)(C)C)=C1)c1ccc([nH]1)C2=C1C=C(C(C)(C)C)C(=O)C(C(C)(C)C)=C1. The first-order valence-corrected chi connectivity index (χ1v) is 32.8. The van der Waals surface area contributed by atoms with E-state index < -0.39 is 54.9 Å². The number of carbonyl (C=O) groups is 5. The lowest BCUT2D eigenvalue weighted by molar-refractivity contribution is -0.155. The average molecular weight is 1240 g/mol. The van der Waals surface area contributed by atoms with E-state index in [2.05, 4.69) is 254 Å². The number of rotatable bonds is 2. The van der Waals surface area contributed by atoms with Crippen LogP contribution in [-0.2, 0) is 35.3 Å². The van der Waals surface area contributed by atoms with Crippen molar-refractivity contribution < 1.29 is 28.7 Å². The van der Waals surface area contributed by atoms with Crippen LogP contribution in [0.2, 0.25) is 0 Å². The lowest BCUT2D eigenvalue weighted by atomic mass is 9.71. The van der Waals surface area contributed by atoms with Gasteiger partial charge in [-0.1, -0.05) is 166 Å². The van der Waals surface area contributed by atoms with Gasteiger partial charge in [0.25, 0.3) is 0 Å². The van der Waals surface area contributed by atoms with E-state index in [0.717, 1.165) is 67.4 Å². The molecular weight excluding hydrogens is 1140 g/mol. The number of nitrogens with one attached hydrogen (secondary N) is 3. The van der Waals surface area contributed by atoms with Gasteiger partial charge in [-0.05, 0) is 184 Å². The van der Waals surface area contributed by atoms with E-state index in [0.29, 0.717) is 67.4 Å². The number of ketones is 4. The molecule has 4 aromatic rings. The topological polar surface area (TPSA) is 147 Å². The summed E-state index contributed by atoms with van der Waals surface area (Å²) < 4.78 is 8.36. The van der Waals surface area contributed by atoms with Gasteiger partial charge in [0, 0.05) is 101 Å². The summed E-state index contributed by atoms with van der Waals surface area (Å²) in [7, 11) is 0. The number of carbonyl (C=O) groups excluding carboxylic acids is 5. The van der Waals surface area contributed by atoms with Gasteiger partial charge in [-0.25, -0.2) is 0 Å². The maximum Gasteiger partial charge on any atom is 0.326 e. The summed E-state index contributed by atoms with van der Waals surface area (Å²) in [6.07, 6.45) is 16.3. The third-order valence-corrected chi connectivity index (χ3v) is 17.8. The van der Waals surface area contributed by atoms with E-state index in [1.54, 1.807) is 0 Å². The van der Waals surface area contributed by atoms with Crippen LogP contribution in [0.1, 0.15) is 232 Å². The van der Waals surface area contributed by atoms with Crippen molar-refractivity contribution >= 4 is 51.4 Å². The molecule has 0 aromatic carbocycles. The van der Waals surface area contributed by atoms with Crippen LogP contribution in [0.15, 0.2) is 164 Å². The number of aromatic amines is 3. The Bertz CT molecular complexity index is 3840. The monoisotopic (exact) mass is 1240 g/mol. The van der Waals surface area contributed by atoms with E-state index in [1.165, 1.54) is 0 Å². The van der Waals surface area contributed by atoms with Crippen LogP contribution in [0.25, 0.3) is 22.3 Å². The number of Topliss-reactive ketones (excluding diaryl/α,β-unsaturated/α-hetero) is 4. The van der Waals surface area contributed by atoms with Crippen molar-refractivity contribution in [2.75, 3.05) is 0 Å². The number of ether oxygens (including phenoxy) is 1. The minimum Gasteiger partial charge on any atom is -0.459 e. The number of fused-ring (bicyclic) bond motifs is 8. The van der Waals surface area contributed by atoms with Crippen molar-refractivity contribution in [2.45, 2.75) is 199 Å². The number of H-pyrrole nitrogens is 3. The highest BCUT2D eigenvalue weighted by Gasteiger charge is 2.41. The van der Waals surface area contributed by atoms with Crippen molar-refractivity contribution in [3.05, 3.63) is 210 Å². The summed E-state index contributed by atoms with van der Waals surface area (Å²) in [5.41, 5.74) is 12.2. The number of hydrogen-bond donors (Lipinski definition) is 3. The first kappa shape index (κ1) is 68.5. The molecule has 486 valence electrons. The lowest BCUT2D eigenvalue weighted by Gasteiger charge is -2.32. The molecule has 10 heteroatoms. The van der Waals surface area contributed by atoms with Gasteiger partial charge in [0.05, 0.1) is 11.4 Å². The number of allylic oxidation sites excluding steroid dienone is 20. The molecule has 0 unspecified atom stereocenters. The Hall–Kier alpha value is -7.85. The molecule has 0 atom stereocenters. The van der Waals surface area contributed by atoms with Gasteiger partial charge in [-0.3, -0.25) is 24.0 Å². The minimum atomic E-state index is -0.844. The highest BCUT2D eigenvalue weighted by molar-refractivity contribution is 6.16. The van der Waals surface area contributed by atoms with Crippen LogP contribution in [0.5, 0.6) is 0 Å². The average Bonchev–Trinajstić information content (AvgIpc) is 1.43. The molecule has 0 saturated carbocycles. The van der Waals surface area contributed by atoms with E-state index >= 15 is 4.79 Å². The Kier molecular flexibility index (Phi) is 16.9. The second-order valence-corrected chi connectivity index (χ2v) is 35.2. The second-order valence-electron chi connectivity index (χ2n) is 35.2. The van der Waals surface area contributed by atoms with E-state index in [1.807, 2.05) is 49.6 Å². The van der Waals surface area contributed by atoms with Crippen molar-refractivity contribution in [1.82, 2.24) is 19.5 Å². The summed E-state index contributed by atoms with van der Waals surface area (Å²) in [5, 5.41) is 0. The zero-order valence-electron chi connectivity index (χ0n) is 60.3. The van der Waals surface area contributed by atoms with Gasteiger partial charge < -0.3 is 24.3 Å². The Morgan fingerprint density at radius 3 is 0.674 bits per heavy atom. The van der Waals surface area contributed by atoms with Crippen LogP contribution in [0, 0.1) is 43.3 Å². The number of aromatic nitrogens is 4. The van der Waals surface area contributed by atoms with Crippen molar-refractivity contribution in [3.8, 4) is 0 Å². The lowest BCUT2D eigenvalue weighted by Crippen LogP contribution is -2.29. The Labute approximate surface area is 548 Å². The molecule has 5 aliphatic rings. The quantitative estimate of drug-likeness (QED) is 0.150. The number of esters is 1. The molecule has 0 spiro atoms. The summed E-state index contributed by atoms with van der Waals surface area (Å²) >= 11 is 0. The molecule has 92 heavy (non-hydrogen) atoms. The molecule has 1 aliphatic heterocycles. The molecule has 0 fully saturated rings. The van der Waals surface area contributed by atoms with Crippen LogP contribution >= 0.6 is 0 Å². The first-order valence-electron chi connectivity index (χ1n) is 32.8. The second kappa shape index (κ2) is 22.7. The normalized spacial score (nSPS) is 18.0. The zero-order valence-corrected chi connectivity index (χ0v) is 60.3. The van der Waals surface area contributed by atoms with Gasteiger partial charge >= 0.3 is 5.97 Å². The van der Waals surface area contributed by atoms with Crippen molar-refractivity contribution in [3.63, 3.8) is 0 Å². The molecule has 9 rings (SSSR count). The van der Waals surface area contributed by atoms with E-state index in [4.69, 9.17) is 4.74 Å². The molecule has 10 nitrogen and oxygen atoms in total. The standard InChI is InChI=1S/C82H102N4O6/c1-74(2,3)49-36-45(37-50(70(49)88)75(4,5)6)66-57-28-29-58(83-57)67(46-38-51(76(7,8)9)71(89)52(39-46)77(10,11)12)60-31-33-62(85-60)69(48-42-55(80(19,20)21)73(91)56(43-48)81(22,23)24)64-35-34-63(86(64)44-65(87)92-82(25,26)27)68(61-32-30-59(66)84-61)47-40-53(78(13,14)15)72(90)54(41-47)79(16,17)18/h28-43,83-85H,44H2,1-27H3. The van der Waals surface area contributed by atoms with Crippen molar-refractivity contribution in [2.24, 2.45) is 43.3 Å². The third-order valence-electron chi connectivity index (χ3n) is 17.8. The highest BCUT2D eigenvalue weighted by atomic mass is 16.6. The maximum absolute atomic E-state index is 15.1. The fraction of sp³-hybridized carbons (Fsp3) is 0.451. The Morgan fingerprint density at radius 1 is 0.304 bits per heavy atom. The van der Waals surface area contributed by atoms with Crippen LogP contribution in [-0.4, -0.2) is 54.2 Å². The zero-order chi connectivity index (χ0) is 68.7. The summed E-state index contributed by atoms with van der Waals surface area (Å²) in [5.74, 6) is -0.470. The third kappa shape index (κ3) is 13.4. The molecule has 8 bridgehead atoms. The molecule has 0 radical (unpaired) electrons. The van der Waals surface area contributed by atoms with Crippen LogP contribution < -0.4 is 0 Å². The van der Waals surface area contributed by atoms with Gasteiger partial charge in [-0.2, -0.15) is 0 Å². The molecule has 4 aromatic heterocycles. The molecule has 0 saturated heterocycles. The first-order chi connectivity index (χ1) is 41.9. The predicted molar refractivity (Wildman–Crippen MR) is 377 cm³/mol. The predicted octanol–water partition coefficient (Wildman–Crippen LogP) is 19.4.